The Morgan fingerprint density at radius 1 is 1.21 bits per heavy atom. The van der Waals surface area contributed by atoms with Crippen LogP contribution < -0.4 is 10.6 Å². The molecular formula is C19H27N3O6S. The predicted octanol–water partition coefficient (Wildman–Crippen LogP) is 1.64. The first kappa shape index (κ1) is 22.8. The number of nitrogens with zero attached hydrogens (tertiary/aromatic N) is 1. The summed E-state index contributed by atoms with van der Waals surface area (Å²) in [5.41, 5.74) is -0.00793. The van der Waals surface area contributed by atoms with Gasteiger partial charge in [0.15, 0.2) is 6.61 Å². The number of sulfonamides is 1. The van der Waals surface area contributed by atoms with E-state index in [2.05, 4.69) is 10.6 Å². The summed E-state index contributed by atoms with van der Waals surface area (Å²) in [6.07, 6.45) is 3.83. The van der Waals surface area contributed by atoms with E-state index in [9.17, 15) is 22.8 Å². The zero-order valence-corrected chi connectivity index (χ0v) is 17.6. The maximum absolute atomic E-state index is 12.5. The molecule has 3 amide bonds. The van der Waals surface area contributed by atoms with Crippen LogP contribution in [0.5, 0.6) is 0 Å². The minimum absolute atomic E-state index is 0.00793. The first-order valence-corrected chi connectivity index (χ1v) is 10.9. The van der Waals surface area contributed by atoms with Gasteiger partial charge in [-0.3, -0.25) is 10.1 Å². The third-order valence-electron chi connectivity index (χ3n) is 4.75. The standard InChI is InChI=1S/C19H27N3O6S/c1-13(2)22(3)29(26,27)16-10-6-7-14(11-16)18(24)28-12-17(23)21-19(25)20-15-8-4-5-9-15/h6-7,10-11,13,15H,4-5,8-9,12H2,1-3H3,(H2,20,21,23,25). The van der Waals surface area contributed by atoms with E-state index in [1.807, 2.05) is 0 Å². The van der Waals surface area contributed by atoms with Crippen molar-refractivity contribution in [2.75, 3.05) is 13.7 Å². The fourth-order valence-electron chi connectivity index (χ4n) is 2.90. The number of carbonyl (C=O) groups is 3. The van der Waals surface area contributed by atoms with Gasteiger partial charge in [-0.1, -0.05) is 18.9 Å². The lowest BCUT2D eigenvalue weighted by molar-refractivity contribution is -0.123. The molecule has 1 aliphatic rings. The van der Waals surface area contributed by atoms with E-state index in [0.29, 0.717) is 0 Å². The third kappa shape index (κ3) is 6.26. The molecule has 0 radical (unpaired) electrons. The second-order valence-corrected chi connectivity index (χ2v) is 9.22. The molecule has 0 aliphatic heterocycles. The van der Waals surface area contributed by atoms with Gasteiger partial charge in [0.05, 0.1) is 10.5 Å². The van der Waals surface area contributed by atoms with Crippen molar-refractivity contribution in [2.24, 2.45) is 0 Å². The lowest BCUT2D eigenvalue weighted by Gasteiger charge is -2.21. The number of nitrogens with one attached hydrogen (secondary N) is 2. The highest BCUT2D eigenvalue weighted by molar-refractivity contribution is 7.89. The van der Waals surface area contributed by atoms with Gasteiger partial charge in [-0.15, -0.1) is 0 Å². The molecule has 1 saturated carbocycles. The fraction of sp³-hybridized carbons (Fsp3) is 0.526. The molecule has 1 aromatic rings. The van der Waals surface area contributed by atoms with Gasteiger partial charge in [0.2, 0.25) is 10.0 Å². The van der Waals surface area contributed by atoms with Crippen molar-refractivity contribution in [3.8, 4) is 0 Å². The molecule has 0 saturated heterocycles. The SMILES string of the molecule is CC(C)N(C)S(=O)(=O)c1cccc(C(=O)OCC(=O)NC(=O)NC2CCCC2)c1. The Hall–Kier alpha value is -2.46. The molecule has 0 aromatic heterocycles. The number of amides is 3. The van der Waals surface area contributed by atoms with Gasteiger partial charge in [-0.25, -0.2) is 18.0 Å². The molecule has 2 N–H and O–H groups in total. The summed E-state index contributed by atoms with van der Waals surface area (Å²) in [5, 5.41) is 4.80. The van der Waals surface area contributed by atoms with Crippen molar-refractivity contribution in [3.63, 3.8) is 0 Å². The minimum Gasteiger partial charge on any atom is -0.452 e. The molecule has 0 spiro atoms. The Morgan fingerprint density at radius 3 is 2.48 bits per heavy atom. The van der Waals surface area contributed by atoms with Gasteiger partial charge >= 0.3 is 12.0 Å². The fourth-order valence-corrected chi connectivity index (χ4v) is 4.31. The lowest BCUT2D eigenvalue weighted by atomic mass is 10.2. The van der Waals surface area contributed by atoms with Crippen molar-refractivity contribution < 1.29 is 27.5 Å². The average molecular weight is 426 g/mol. The summed E-state index contributed by atoms with van der Waals surface area (Å²) in [6.45, 7) is 2.81. The molecule has 0 atom stereocenters. The molecule has 160 valence electrons. The largest absolute Gasteiger partial charge is 0.452 e. The van der Waals surface area contributed by atoms with Crippen LogP contribution in [0.2, 0.25) is 0 Å². The molecule has 29 heavy (non-hydrogen) atoms. The number of urea groups is 1. The molecule has 1 aromatic carbocycles. The first-order valence-electron chi connectivity index (χ1n) is 9.47. The zero-order valence-electron chi connectivity index (χ0n) is 16.8. The smallest absolute Gasteiger partial charge is 0.338 e. The molecule has 0 unspecified atom stereocenters. The van der Waals surface area contributed by atoms with Gasteiger partial charge in [-0.05, 0) is 44.9 Å². The second kappa shape index (κ2) is 9.84. The van der Waals surface area contributed by atoms with Crippen LogP contribution in [0.15, 0.2) is 29.2 Å². The van der Waals surface area contributed by atoms with E-state index in [0.717, 1.165) is 25.7 Å². The summed E-state index contributed by atoms with van der Waals surface area (Å²) in [7, 11) is -2.31. The van der Waals surface area contributed by atoms with Gasteiger partial charge in [0.25, 0.3) is 5.91 Å². The number of rotatable bonds is 7. The summed E-state index contributed by atoms with van der Waals surface area (Å²) in [4.78, 5) is 35.7. The Balaban J connectivity index is 1.92. The highest BCUT2D eigenvalue weighted by Crippen LogP contribution is 2.19. The normalized spacial score (nSPS) is 14.8. The number of esters is 1. The van der Waals surface area contributed by atoms with E-state index < -0.39 is 34.5 Å². The zero-order chi connectivity index (χ0) is 21.6. The predicted molar refractivity (Wildman–Crippen MR) is 106 cm³/mol. The quantitative estimate of drug-likeness (QED) is 0.641. The van der Waals surface area contributed by atoms with Crippen LogP contribution in [0.3, 0.4) is 0 Å². The number of benzene rings is 1. The maximum Gasteiger partial charge on any atom is 0.338 e. The molecule has 1 aliphatic carbocycles. The van der Waals surface area contributed by atoms with Crippen LogP contribution in [0, 0.1) is 0 Å². The summed E-state index contributed by atoms with van der Waals surface area (Å²) < 4.78 is 31.2. The number of imide groups is 1. The molecule has 2 rings (SSSR count). The molecule has 10 heteroatoms. The van der Waals surface area contributed by atoms with E-state index in [4.69, 9.17) is 4.74 Å². The maximum atomic E-state index is 12.5. The minimum atomic E-state index is -3.76. The van der Waals surface area contributed by atoms with Crippen molar-refractivity contribution >= 4 is 27.9 Å². The Morgan fingerprint density at radius 2 is 1.86 bits per heavy atom. The van der Waals surface area contributed by atoms with Crippen molar-refractivity contribution in [1.82, 2.24) is 14.9 Å². The Kier molecular flexibility index (Phi) is 7.74. The third-order valence-corrected chi connectivity index (χ3v) is 6.78. The van der Waals surface area contributed by atoms with Gasteiger partial charge in [0, 0.05) is 19.1 Å². The summed E-state index contributed by atoms with van der Waals surface area (Å²) >= 11 is 0. The van der Waals surface area contributed by atoms with Crippen LogP contribution in [0.1, 0.15) is 49.9 Å². The number of carbonyl (C=O) groups excluding carboxylic acids is 3. The number of hydrogen-bond donors (Lipinski definition) is 2. The molecule has 0 bridgehead atoms. The van der Waals surface area contributed by atoms with E-state index in [-0.39, 0.29) is 22.5 Å². The molecule has 1 fully saturated rings. The van der Waals surface area contributed by atoms with E-state index in [1.165, 1.54) is 35.6 Å². The summed E-state index contributed by atoms with van der Waals surface area (Å²) in [6, 6.07) is 4.57. The van der Waals surface area contributed by atoms with Gasteiger partial charge < -0.3 is 10.1 Å². The van der Waals surface area contributed by atoms with E-state index in [1.54, 1.807) is 13.8 Å². The van der Waals surface area contributed by atoms with Crippen LogP contribution in [0.25, 0.3) is 0 Å². The number of hydrogen-bond acceptors (Lipinski definition) is 6. The molecule has 9 nitrogen and oxygen atoms in total. The average Bonchev–Trinajstić information content (AvgIpc) is 3.18. The highest BCUT2D eigenvalue weighted by Gasteiger charge is 2.24. The second-order valence-electron chi connectivity index (χ2n) is 7.22. The lowest BCUT2D eigenvalue weighted by Crippen LogP contribution is -2.45. The van der Waals surface area contributed by atoms with Crippen LogP contribution in [0.4, 0.5) is 4.79 Å². The number of ether oxygens (including phenoxy) is 1. The van der Waals surface area contributed by atoms with Crippen molar-refractivity contribution in [3.05, 3.63) is 29.8 Å². The Labute approximate surface area is 170 Å². The van der Waals surface area contributed by atoms with Gasteiger partial charge in [-0.2, -0.15) is 4.31 Å². The van der Waals surface area contributed by atoms with E-state index >= 15 is 0 Å². The van der Waals surface area contributed by atoms with Crippen LogP contribution in [-0.2, 0) is 19.6 Å². The Bertz CT molecular complexity index is 862. The molecule has 0 heterocycles. The summed E-state index contributed by atoms with van der Waals surface area (Å²) in [5.74, 6) is -1.63. The monoisotopic (exact) mass is 425 g/mol. The van der Waals surface area contributed by atoms with Crippen molar-refractivity contribution in [2.45, 2.75) is 56.5 Å². The molecular weight excluding hydrogens is 398 g/mol. The van der Waals surface area contributed by atoms with Gasteiger partial charge in [0.1, 0.15) is 0 Å². The highest BCUT2D eigenvalue weighted by atomic mass is 32.2. The van der Waals surface area contributed by atoms with Crippen LogP contribution in [-0.4, -0.2) is 56.4 Å². The van der Waals surface area contributed by atoms with Crippen LogP contribution >= 0.6 is 0 Å². The van der Waals surface area contributed by atoms with Crippen molar-refractivity contribution in [1.29, 1.82) is 0 Å². The first-order chi connectivity index (χ1) is 13.6. The topological polar surface area (TPSA) is 122 Å².